The first-order chi connectivity index (χ1) is 7.31. The van der Waals surface area contributed by atoms with E-state index in [2.05, 4.69) is 14.9 Å². The predicted molar refractivity (Wildman–Crippen MR) is 59.1 cm³/mol. The van der Waals surface area contributed by atoms with E-state index < -0.39 is 0 Å². The van der Waals surface area contributed by atoms with Crippen molar-refractivity contribution < 1.29 is 5.11 Å². The van der Waals surface area contributed by atoms with Crippen LogP contribution >= 0.6 is 11.6 Å². The predicted octanol–water partition coefficient (Wildman–Crippen LogP) is 1.34. The van der Waals surface area contributed by atoms with Crippen molar-refractivity contribution >= 4 is 17.4 Å². The van der Waals surface area contributed by atoms with Crippen LogP contribution in [-0.4, -0.2) is 34.8 Å². The largest absolute Gasteiger partial charge is 0.396 e. The van der Waals surface area contributed by atoms with E-state index in [-0.39, 0.29) is 6.61 Å². The van der Waals surface area contributed by atoms with Crippen molar-refractivity contribution in [3.8, 4) is 0 Å². The van der Waals surface area contributed by atoms with Gasteiger partial charge in [0, 0.05) is 32.1 Å². The maximum Gasteiger partial charge on any atom is 0.171 e. The van der Waals surface area contributed by atoms with Crippen LogP contribution in [0.5, 0.6) is 0 Å². The molecule has 1 saturated heterocycles. The van der Waals surface area contributed by atoms with Crippen LogP contribution in [0.2, 0.25) is 5.15 Å². The highest BCUT2D eigenvalue weighted by Crippen LogP contribution is 2.25. The van der Waals surface area contributed by atoms with Gasteiger partial charge in [-0.25, -0.2) is 9.97 Å². The average Bonchev–Trinajstić information content (AvgIpc) is 2.30. The van der Waals surface area contributed by atoms with Gasteiger partial charge in [0.15, 0.2) is 11.0 Å². The molecule has 4 nitrogen and oxygen atoms in total. The van der Waals surface area contributed by atoms with Crippen molar-refractivity contribution in [2.75, 3.05) is 24.6 Å². The Morgan fingerprint density at radius 1 is 1.33 bits per heavy atom. The molecule has 0 bridgehead atoms. The second-order valence-corrected chi connectivity index (χ2v) is 4.14. The number of halogens is 1. The van der Waals surface area contributed by atoms with E-state index in [9.17, 15) is 0 Å². The number of aliphatic hydroxyl groups excluding tert-OH is 1. The van der Waals surface area contributed by atoms with E-state index in [1.807, 2.05) is 0 Å². The summed E-state index contributed by atoms with van der Waals surface area (Å²) < 4.78 is 0. The number of anilines is 1. The normalized spacial score (nSPS) is 18.1. The first kappa shape index (κ1) is 10.6. The molecule has 15 heavy (non-hydrogen) atoms. The lowest BCUT2D eigenvalue weighted by atomic mass is 9.98. The van der Waals surface area contributed by atoms with Crippen molar-refractivity contribution in [1.82, 2.24) is 9.97 Å². The Morgan fingerprint density at radius 2 is 2.00 bits per heavy atom. The summed E-state index contributed by atoms with van der Waals surface area (Å²) in [4.78, 5) is 10.4. The number of hydrogen-bond donors (Lipinski definition) is 1. The highest BCUT2D eigenvalue weighted by atomic mass is 35.5. The van der Waals surface area contributed by atoms with Gasteiger partial charge in [0.05, 0.1) is 0 Å². The Bertz CT molecular complexity index is 326. The first-order valence-electron chi connectivity index (χ1n) is 5.13. The van der Waals surface area contributed by atoms with E-state index in [0.717, 1.165) is 31.7 Å². The Morgan fingerprint density at radius 3 is 2.60 bits per heavy atom. The van der Waals surface area contributed by atoms with Gasteiger partial charge in [0.1, 0.15) is 0 Å². The van der Waals surface area contributed by atoms with Gasteiger partial charge in [-0.2, -0.15) is 0 Å². The molecule has 5 heteroatoms. The third kappa shape index (κ3) is 2.38. The monoisotopic (exact) mass is 227 g/mol. The molecular weight excluding hydrogens is 214 g/mol. The molecule has 0 amide bonds. The second kappa shape index (κ2) is 4.77. The minimum absolute atomic E-state index is 0.280. The number of piperidine rings is 1. The lowest BCUT2D eigenvalue weighted by Gasteiger charge is -2.31. The molecule has 2 rings (SSSR count). The van der Waals surface area contributed by atoms with Crippen LogP contribution in [0.1, 0.15) is 12.8 Å². The van der Waals surface area contributed by atoms with E-state index in [0.29, 0.717) is 11.1 Å². The van der Waals surface area contributed by atoms with E-state index in [1.165, 1.54) is 0 Å². The molecule has 0 unspecified atom stereocenters. The summed E-state index contributed by atoms with van der Waals surface area (Å²) in [5, 5.41) is 9.49. The van der Waals surface area contributed by atoms with Crippen LogP contribution in [0.15, 0.2) is 12.4 Å². The number of aliphatic hydroxyl groups is 1. The lowest BCUT2D eigenvalue weighted by molar-refractivity contribution is 0.203. The van der Waals surface area contributed by atoms with E-state index in [4.69, 9.17) is 16.7 Å². The zero-order valence-corrected chi connectivity index (χ0v) is 9.19. The van der Waals surface area contributed by atoms with Crippen LogP contribution in [0.25, 0.3) is 0 Å². The van der Waals surface area contributed by atoms with Crippen LogP contribution in [-0.2, 0) is 0 Å². The molecule has 0 saturated carbocycles. The second-order valence-electron chi connectivity index (χ2n) is 3.78. The zero-order valence-electron chi connectivity index (χ0n) is 8.43. The minimum atomic E-state index is 0.280. The highest BCUT2D eigenvalue weighted by molar-refractivity contribution is 6.31. The molecule has 1 fully saturated rings. The molecule has 82 valence electrons. The van der Waals surface area contributed by atoms with Gasteiger partial charge in [-0.3, -0.25) is 0 Å². The topological polar surface area (TPSA) is 49.2 Å². The third-order valence-corrected chi connectivity index (χ3v) is 3.07. The average molecular weight is 228 g/mol. The standard InChI is InChI=1S/C10H14ClN3O/c11-9-10(13-4-3-12-9)14-5-1-8(7-15)2-6-14/h3-4,8,15H,1-2,5-7H2. The van der Waals surface area contributed by atoms with Gasteiger partial charge in [-0.1, -0.05) is 11.6 Å². The molecule has 1 aliphatic heterocycles. The smallest absolute Gasteiger partial charge is 0.171 e. The Balaban J connectivity index is 2.04. The van der Waals surface area contributed by atoms with Crippen molar-refractivity contribution in [2.24, 2.45) is 5.92 Å². The number of aromatic nitrogens is 2. The summed E-state index contributed by atoms with van der Waals surface area (Å²) in [5.41, 5.74) is 0. The summed E-state index contributed by atoms with van der Waals surface area (Å²) in [5.74, 6) is 1.19. The Labute approximate surface area is 93.9 Å². The third-order valence-electron chi connectivity index (χ3n) is 2.81. The molecular formula is C10H14ClN3O. The molecule has 1 aliphatic rings. The fourth-order valence-corrected chi connectivity index (χ4v) is 2.08. The molecule has 1 aromatic heterocycles. The summed E-state index contributed by atoms with van der Waals surface area (Å²) in [6.07, 6.45) is 5.22. The quantitative estimate of drug-likeness (QED) is 0.829. The number of hydrogen-bond acceptors (Lipinski definition) is 4. The van der Waals surface area contributed by atoms with Crippen LogP contribution in [0.3, 0.4) is 0 Å². The molecule has 1 N–H and O–H groups in total. The minimum Gasteiger partial charge on any atom is -0.396 e. The van der Waals surface area contributed by atoms with Crippen molar-refractivity contribution in [1.29, 1.82) is 0 Å². The number of rotatable bonds is 2. The summed E-state index contributed by atoms with van der Waals surface area (Å²) in [7, 11) is 0. The van der Waals surface area contributed by atoms with Gasteiger partial charge < -0.3 is 10.0 Å². The number of nitrogens with zero attached hydrogens (tertiary/aromatic N) is 3. The Hall–Kier alpha value is -0.870. The molecule has 0 spiro atoms. The van der Waals surface area contributed by atoms with E-state index >= 15 is 0 Å². The first-order valence-corrected chi connectivity index (χ1v) is 5.51. The van der Waals surface area contributed by atoms with E-state index in [1.54, 1.807) is 12.4 Å². The fourth-order valence-electron chi connectivity index (χ4n) is 1.85. The van der Waals surface area contributed by atoms with Crippen LogP contribution in [0.4, 0.5) is 5.82 Å². The van der Waals surface area contributed by atoms with Crippen LogP contribution < -0.4 is 4.90 Å². The SMILES string of the molecule is OCC1CCN(c2nccnc2Cl)CC1. The molecule has 0 aromatic carbocycles. The van der Waals surface area contributed by atoms with Crippen molar-refractivity contribution in [2.45, 2.75) is 12.8 Å². The highest BCUT2D eigenvalue weighted by Gasteiger charge is 2.21. The molecule has 2 heterocycles. The molecule has 0 atom stereocenters. The van der Waals surface area contributed by atoms with Gasteiger partial charge in [0.25, 0.3) is 0 Å². The fraction of sp³-hybridized carbons (Fsp3) is 0.600. The molecule has 0 radical (unpaired) electrons. The Kier molecular flexibility index (Phi) is 3.38. The summed E-state index contributed by atoms with van der Waals surface area (Å²) in [6, 6.07) is 0. The molecule has 1 aromatic rings. The zero-order chi connectivity index (χ0) is 10.7. The van der Waals surface area contributed by atoms with Gasteiger partial charge in [0.2, 0.25) is 0 Å². The van der Waals surface area contributed by atoms with Gasteiger partial charge in [-0.15, -0.1) is 0 Å². The van der Waals surface area contributed by atoms with Crippen LogP contribution in [0, 0.1) is 5.92 Å². The molecule has 0 aliphatic carbocycles. The maximum atomic E-state index is 9.03. The van der Waals surface area contributed by atoms with Crippen molar-refractivity contribution in [3.05, 3.63) is 17.5 Å². The van der Waals surface area contributed by atoms with Gasteiger partial charge in [-0.05, 0) is 18.8 Å². The summed E-state index contributed by atoms with van der Waals surface area (Å²) in [6.45, 7) is 2.06. The lowest BCUT2D eigenvalue weighted by Crippen LogP contribution is -2.35. The summed E-state index contributed by atoms with van der Waals surface area (Å²) >= 11 is 5.96. The maximum absolute atomic E-state index is 9.03. The van der Waals surface area contributed by atoms with Gasteiger partial charge >= 0.3 is 0 Å². The van der Waals surface area contributed by atoms with Crippen molar-refractivity contribution in [3.63, 3.8) is 0 Å².